The summed E-state index contributed by atoms with van der Waals surface area (Å²) in [7, 11) is 0. The van der Waals surface area contributed by atoms with E-state index in [1.54, 1.807) is 10.7 Å². The Balaban J connectivity index is 1.96. The molecule has 0 saturated carbocycles. The maximum atomic E-state index is 5.84. The number of hydrogen-bond donors (Lipinski definition) is 0. The van der Waals surface area contributed by atoms with Crippen LogP contribution in [0.1, 0.15) is 11.3 Å². The Morgan fingerprint density at radius 2 is 1.83 bits per heavy atom. The van der Waals surface area contributed by atoms with Crippen LogP contribution in [-0.4, -0.2) is 19.6 Å². The van der Waals surface area contributed by atoms with Gasteiger partial charge in [0.2, 0.25) is 0 Å². The Morgan fingerprint density at radius 1 is 1.00 bits per heavy atom. The molecule has 0 spiro atoms. The van der Waals surface area contributed by atoms with E-state index >= 15 is 0 Å². The van der Waals surface area contributed by atoms with E-state index in [1.165, 1.54) is 6.33 Å². The molecule has 0 saturated heterocycles. The number of halogens is 1. The molecule has 2 heterocycles. The first-order valence-electron chi connectivity index (χ1n) is 5.41. The highest BCUT2D eigenvalue weighted by atomic mass is 35.5. The molecule has 0 bridgehead atoms. The van der Waals surface area contributed by atoms with Gasteiger partial charge in [0, 0.05) is 11.2 Å². The van der Waals surface area contributed by atoms with Crippen LogP contribution in [-0.2, 0) is 0 Å². The Hall–Kier alpha value is -2.20. The molecule has 5 heteroatoms. The molecular formula is C13H9ClN4. The van der Waals surface area contributed by atoms with Gasteiger partial charge in [-0.2, -0.15) is 14.6 Å². The second-order valence-corrected chi connectivity index (χ2v) is 4.16. The SMILES string of the molecule is Clc1ccc(/C=C/c2ccnc3ncnn23)cc1. The van der Waals surface area contributed by atoms with Gasteiger partial charge < -0.3 is 0 Å². The van der Waals surface area contributed by atoms with Crippen LogP contribution in [0.3, 0.4) is 0 Å². The number of hydrogen-bond acceptors (Lipinski definition) is 3. The van der Waals surface area contributed by atoms with E-state index in [0.717, 1.165) is 16.3 Å². The Bertz CT molecular complexity index is 700. The van der Waals surface area contributed by atoms with Crippen LogP contribution in [0.2, 0.25) is 5.02 Å². The minimum Gasteiger partial charge on any atom is -0.220 e. The molecule has 0 aliphatic heterocycles. The molecule has 0 aliphatic rings. The van der Waals surface area contributed by atoms with Gasteiger partial charge in [-0.05, 0) is 29.8 Å². The molecule has 88 valence electrons. The molecule has 0 radical (unpaired) electrons. The number of rotatable bonds is 2. The quantitative estimate of drug-likeness (QED) is 0.708. The lowest BCUT2D eigenvalue weighted by molar-refractivity contribution is 0.927. The maximum Gasteiger partial charge on any atom is 0.252 e. The first-order chi connectivity index (χ1) is 8.83. The highest BCUT2D eigenvalue weighted by molar-refractivity contribution is 6.30. The van der Waals surface area contributed by atoms with Crippen LogP contribution in [0.5, 0.6) is 0 Å². The van der Waals surface area contributed by atoms with Gasteiger partial charge >= 0.3 is 0 Å². The second-order valence-electron chi connectivity index (χ2n) is 3.73. The highest BCUT2D eigenvalue weighted by Gasteiger charge is 1.99. The zero-order valence-electron chi connectivity index (χ0n) is 9.36. The summed E-state index contributed by atoms with van der Waals surface area (Å²) < 4.78 is 1.69. The zero-order valence-corrected chi connectivity index (χ0v) is 10.1. The van der Waals surface area contributed by atoms with Crippen LogP contribution in [0.15, 0.2) is 42.9 Å². The van der Waals surface area contributed by atoms with Gasteiger partial charge in [-0.1, -0.05) is 29.8 Å². The molecule has 0 amide bonds. The predicted octanol–water partition coefficient (Wildman–Crippen LogP) is 2.95. The van der Waals surface area contributed by atoms with Crippen LogP contribution in [0.4, 0.5) is 0 Å². The molecule has 0 aliphatic carbocycles. The van der Waals surface area contributed by atoms with Crippen molar-refractivity contribution in [2.75, 3.05) is 0 Å². The largest absolute Gasteiger partial charge is 0.252 e. The van der Waals surface area contributed by atoms with E-state index < -0.39 is 0 Å². The van der Waals surface area contributed by atoms with Crippen molar-refractivity contribution < 1.29 is 0 Å². The lowest BCUT2D eigenvalue weighted by Gasteiger charge is -1.97. The fourth-order valence-corrected chi connectivity index (χ4v) is 1.76. The first-order valence-corrected chi connectivity index (χ1v) is 5.79. The summed E-state index contributed by atoms with van der Waals surface area (Å²) in [6, 6.07) is 9.52. The van der Waals surface area contributed by atoms with Crippen molar-refractivity contribution in [3.05, 3.63) is 59.1 Å². The average molecular weight is 257 g/mol. The van der Waals surface area contributed by atoms with Crippen molar-refractivity contribution >= 4 is 29.5 Å². The molecule has 18 heavy (non-hydrogen) atoms. The third kappa shape index (κ3) is 2.10. The van der Waals surface area contributed by atoms with Gasteiger partial charge in [0.15, 0.2) is 0 Å². The third-order valence-electron chi connectivity index (χ3n) is 2.53. The molecule has 3 aromatic rings. The summed E-state index contributed by atoms with van der Waals surface area (Å²) in [6.07, 6.45) is 7.16. The molecule has 1 aromatic carbocycles. The molecule has 2 aromatic heterocycles. The maximum absolute atomic E-state index is 5.84. The summed E-state index contributed by atoms with van der Waals surface area (Å²) in [5, 5.41) is 4.85. The Labute approximate surface area is 109 Å². The van der Waals surface area contributed by atoms with Crippen molar-refractivity contribution in [2.24, 2.45) is 0 Å². The first kappa shape index (κ1) is 10.9. The zero-order chi connectivity index (χ0) is 12.4. The van der Waals surface area contributed by atoms with Crippen molar-refractivity contribution in [1.82, 2.24) is 19.6 Å². The Morgan fingerprint density at radius 3 is 2.67 bits per heavy atom. The fourth-order valence-electron chi connectivity index (χ4n) is 1.64. The van der Waals surface area contributed by atoms with Crippen molar-refractivity contribution in [3.63, 3.8) is 0 Å². The topological polar surface area (TPSA) is 43.1 Å². The van der Waals surface area contributed by atoms with Gasteiger partial charge in [0.1, 0.15) is 6.33 Å². The van der Waals surface area contributed by atoms with Crippen LogP contribution < -0.4 is 0 Å². The van der Waals surface area contributed by atoms with Gasteiger partial charge in [-0.15, -0.1) is 0 Å². The van der Waals surface area contributed by atoms with E-state index in [4.69, 9.17) is 11.6 Å². The highest BCUT2D eigenvalue weighted by Crippen LogP contribution is 2.12. The summed E-state index contributed by atoms with van der Waals surface area (Å²) in [5.41, 5.74) is 2.00. The summed E-state index contributed by atoms with van der Waals surface area (Å²) in [5.74, 6) is 0.591. The van der Waals surface area contributed by atoms with Gasteiger partial charge in [-0.3, -0.25) is 0 Å². The van der Waals surface area contributed by atoms with Crippen molar-refractivity contribution in [3.8, 4) is 0 Å². The standard InChI is InChI=1S/C13H9ClN4/c14-11-4-1-10(2-5-11)3-6-12-7-8-15-13-16-9-17-18(12)13/h1-9H/b6-3+. The molecule has 0 unspecified atom stereocenters. The van der Waals surface area contributed by atoms with E-state index in [0.29, 0.717) is 5.78 Å². The predicted molar refractivity (Wildman–Crippen MR) is 71.2 cm³/mol. The minimum absolute atomic E-state index is 0.591. The summed E-state index contributed by atoms with van der Waals surface area (Å²) in [6.45, 7) is 0. The number of nitrogens with zero attached hydrogens (tertiary/aromatic N) is 4. The number of benzene rings is 1. The molecular weight excluding hydrogens is 248 g/mol. The average Bonchev–Trinajstić information content (AvgIpc) is 2.87. The van der Waals surface area contributed by atoms with Gasteiger partial charge in [-0.25, -0.2) is 4.98 Å². The van der Waals surface area contributed by atoms with E-state index in [1.807, 2.05) is 42.5 Å². The summed E-state index contributed by atoms with van der Waals surface area (Å²) in [4.78, 5) is 8.14. The molecule has 0 N–H and O–H groups in total. The molecule has 0 atom stereocenters. The number of aromatic nitrogens is 4. The van der Waals surface area contributed by atoms with Crippen molar-refractivity contribution in [2.45, 2.75) is 0 Å². The Kier molecular flexibility index (Phi) is 2.78. The lowest BCUT2D eigenvalue weighted by atomic mass is 10.2. The fraction of sp³-hybridized carbons (Fsp3) is 0. The van der Waals surface area contributed by atoms with Crippen LogP contribution in [0.25, 0.3) is 17.9 Å². The van der Waals surface area contributed by atoms with E-state index in [-0.39, 0.29) is 0 Å². The van der Waals surface area contributed by atoms with Gasteiger partial charge in [0.25, 0.3) is 5.78 Å². The van der Waals surface area contributed by atoms with Crippen LogP contribution >= 0.6 is 11.6 Å². The number of fused-ring (bicyclic) bond motifs is 1. The second kappa shape index (κ2) is 4.58. The molecule has 4 nitrogen and oxygen atoms in total. The summed E-state index contributed by atoms with van der Waals surface area (Å²) >= 11 is 5.84. The lowest BCUT2D eigenvalue weighted by Crippen LogP contribution is -1.94. The third-order valence-corrected chi connectivity index (χ3v) is 2.78. The monoisotopic (exact) mass is 256 g/mol. The van der Waals surface area contributed by atoms with Crippen molar-refractivity contribution in [1.29, 1.82) is 0 Å². The smallest absolute Gasteiger partial charge is 0.220 e. The molecule has 3 rings (SSSR count). The molecule has 0 fully saturated rings. The van der Waals surface area contributed by atoms with E-state index in [2.05, 4.69) is 15.1 Å². The minimum atomic E-state index is 0.591. The van der Waals surface area contributed by atoms with Crippen LogP contribution in [0, 0.1) is 0 Å². The normalized spacial score (nSPS) is 11.4. The van der Waals surface area contributed by atoms with E-state index in [9.17, 15) is 0 Å². The van der Waals surface area contributed by atoms with Gasteiger partial charge in [0.05, 0.1) is 5.69 Å².